The van der Waals surface area contributed by atoms with Crippen molar-refractivity contribution in [3.8, 4) is 0 Å². The summed E-state index contributed by atoms with van der Waals surface area (Å²) >= 11 is 0. The summed E-state index contributed by atoms with van der Waals surface area (Å²) in [6.45, 7) is 4.44. The number of nitrogens with zero attached hydrogens (tertiary/aromatic N) is 2. The number of para-hydroxylation sites is 2. The minimum Gasteiger partial charge on any atom is -0.349 e. The molecule has 1 aliphatic carbocycles. The van der Waals surface area contributed by atoms with E-state index in [4.69, 9.17) is 0 Å². The van der Waals surface area contributed by atoms with Crippen LogP contribution in [0, 0.1) is 11.8 Å². The van der Waals surface area contributed by atoms with E-state index in [2.05, 4.69) is 29.1 Å². The first-order chi connectivity index (χ1) is 11.1. The Morgan fingerprint density at radius 3 is 2.61 bits per heavy atom. The minimum atomic E-state index is -0.0504. The van der Waals surface area contributed by atoms with Crippen LogP contribution in [0.15, 0.2) is 36.5 Å². The molecule has 0 spiro atoms. The predicted octanol–water partition coefficient (Wildman–Crippen LogP) is 3.58. The second-order valence-corrected chi connectivity index (χ2v) is 6.54. The lowest BCUT2D eigenvalue weighted by atomic mass is 9.79. The van der Waals surface area contributed by atoms with E-state index in [1.807, 2.05) is 24.3 Å². The number of rotatable bonds is 3. The van der Waals surface area contributed by atoms with Crippen LogP contribution in [-0.4, -0.2) is 21.9 Å². The maximum absolute atomic E-state index is 12.2. The lowest BCUT2D eigenvalue weighted by Gasteiger charge is -2.34. The molecule has 1 amide bonds. The molecule has 0 aliphatic heterocycles. The Kier molecular flexibility index (Phi) is 4.70. The highest BCUT2D eigenvalue weighted by Crippen LogP contribution is 2.28. The lowest BCUT2D eigenvalue weighted by Crippen LogP contribution is -2.45. The highest BCUT2D eigenvalue weighted by atomic mass is 16.1. The van der Waals surface area contributed by atoms with Crippen molar-refractivity contribution in [2.45, 2.75) is 39.2 Å². The molecule has 2 atom stereocenters. The molecule has 3 rings (SSSR count). The average Bonchev–Trinajstić information content (AvgIpc) is 2.56. The van der Waals surface area contributed by atoms with Crippen LogP contribution in [0.1, 0.15) is 38.8 Å². The van der Waals surface area contributed by atoms with Gasteiger partial charge < -0.3 is 5.32 Å². The summed E-state index contributed by atoms with van der Waals surface area (Å²) in [5.41, 5.74) is 2.40. The van der Waals surface area contributed by atoms with Crippen molar-refractivity contribution in [3.05, 3.63) is 42.2 Å². The van der Waals surface area contributed by atoms with Gasteiger partial charge in [-0.25, -0.2) is 4.98 Å². The number of benzene rings is 1. The Hall–Kier alpha value is -2.23. The first-order valence-electron chi connectivity index (χ1n) is 8.34. The van der Waals surface area contributed by atoms with Gasteiger partial charge in [0.25, 0.3) is 0 Å². The van der Waals surface area contributed by atoms with Gasteiger partial charge in [-0.2, -0.15) is 0 Å². The summed E-state index contributed by atoms with van der Waals surface area (Å²) in [5.74, 6) is 1.03. The van der Waals surface area contributed by atoms with Crippen molar-refractivity contribution in [2.75, 3.05) is 0 Å². The third-order valence-electron chi connectivity index (χ3n) is 4.73. The number of amides is 1. The maximum atomic E-state index is 12.2. The lowest BCUT2D eigenvalue weighted by molar-refractivity contribution is -0.118. The van der Waals surface area contributed by atoms with Crippen molar-refractivity contribution in [1.82, 2.24) is 15.3 Å². The second-order valence-electron chi connectivity index (χ2n) is 6.54. The smallest absolute Gasteiger partial charge is 0.244 e. The van der Waals surface area contributed by atoms with Crippen molar-refractivity contribution in [3.63, 3.8) is 0 Å². The molecule has 1 heterocycles. The number of hydrogen-bond donors (Lipinski definition) is 1. The van der Waals surface area contributed by atoms with Gasteiger partial charge in [0.15, 0.2) is 0 Å². The number of aromatic nitrogens is 2. The Morgan fingerprint density at radius 1 is 1.17 bits per heavy atom. The van der Waals surface area contributed by atoms with Crippen LogP contribution in [0.4, 0.5) is 0 Å². The summed E-state index contributed by atoms with van der Waals surface area (Å²) in [4.78, 5) is 21.0. The first kappa shape index (κ1) is 15.7. The van der Waals surface area contributed by atoms with Gasteiger partial charge in [-0.3, -0.25) is 9.78 Å². The molecule has 0 saturated heterocycles. The van der Waals surface area contributed by atoms with Crippen LogP contribution in [0.5, 0.6) is 0 Å². The van der Waals surface area contributed by atoms with E-state index in [-0.39, 0.29) is 11.9 Å². The Balaban J connectivity index is 1.67. The van der Waals surface area contributed by atoms with Crippen molar-refractivity contribution >= 4 is 23.0 Å². The second kappa shape index (κ2) is 6.90. The standard InChI is InChI=1S/C19H23N3O/c1-13-6-5-7-14(2)19(13)22-18(23)11-10-15-12-20-16-8-3-4-9-17(16)21-15/h3-4,8-14,19H,5-7H2,1-2H3,(H,22,23)/b11-10+. The third-order valence-corrected chi connectivity index (χ3v) is 4.73. The van der Waals surface area contributed by atoms with E-state index in [9.17, 15) is 4.79 Å². The maximum Gasteiger partial charge on any atom is 0.244 e. The van der Waals surface area contributed by atoms with Crippen LogP contribution < -0.4 is 5.32 Å². The molecular weight excluding hydrogens is 286 g/mol. The van der Waals surface area contributed by atoms with Crippen LogP contribution in [0.2, 0.25) is 0 Å². The van der Waals surface area contributed by atoms with Crippen LogP contribution in [0.3, 0.4) is 0 Å². The molecule has 4 nitrogen and oxygen atoms in total. The molecule has 23 heavy (non-hydrogen) atoms. The number of hydrogen-bond acceptors (Lipinski definition) is 3. The fourth-order valence-corrected chi connectivity index (χ4v) is 3.39. The molecule has 120 valence electrons. The quantitative estimate of drug-likeness (QED) is 0.882. The monoisotopic (exact) mass is 309 g/mol. The zero-order valence-electron chi connectivity index (χ0n) is 13.7. The van der Waals surface area contributed by atoms with Crippen LogP contribution >= 0.6 is 0 Å². The molecule has 1 fully saturated rings. The Bertz CT molecular complexity index is 715. The summed E-state index contributed by atoms with van der Waals surface area (Å²) in [7, 11) is 0. The molecule has 0 radical (unpaired) electrons. The van der Waals surface area contributed by atoms with Gasteiger partial charge in [-0.15, -0.1) is 0 Å². The SMILES string of the molecule is CC1CCCC(C)C1NC(=O)/C=C/c1cnc2ccccc2n1. The zero-order valence-corrected chi connectivity index (χ0v) is 13.7. The van der Waals surface area contributed by atoms with E-state index < -0.39 is 0 Å². The van der Waals surface area contributed by atoms with E-state index in [0.29, 0.717) is 17.5 Å². The van der Waals surface area contributed by atoms with Crippen LogP contribution in [0.25, 0.3) is 17.1 Å². The van der Waals surface area contributed by atoms with E-state index >= 15 is 0 Å². The van der Waals surface area contributed by atoms with Crippen molar-refractivity contribution < 1.29 is 4.79 Å². The molecule has 1 aliphatic rings. The molecular formula is C19H23N3O. The molecule has 0 bridgehead atoms. The Morgan fingerprint density at radius 2 is 1.87 bits per heavy atom. The van der Waals surface area contributed by atoms with Gasteiger partial charge in [-0.05, 0) is 42.9 Å². The molecule has 2 unspecified atom stereocenters. The van der Waals surface area contributed by atoms with E-state index in [0.717, 1.165) is 11.0 Å². The minimum absolute atomic E-state index is 0.0504. The summed E-state index contributed by atoms with van der Waals surface area (Å²) in [6.07, 6.45) is 8.62. The van der Waals surface area contributed by atoms with Gasteiger partial charge >= 0.3 is 0 Å². The molecule has 1 aromatic heterocycles. The van der Waals surface area contributed by atoms with E-state index in [1.54, 1.807) is 18.3 Å². The number of nitrogens with one attached hydrogen (secondary N) is 1. The average molecular weight is 309 g/mol. The molecule has 4 heteroatoms. The zero-order chi connectivity index (χ0) is 16.2. The highest BCUT2D eigenvalue weighted by Gasteiger charge is 2.28. The predicted molar refractivity (Wildman–Crippen MR) is 92.7 cm³/mol. The van der Waals surface area contributed by atoms with Gasteiger partial charge in [0.1, 0.15) is 0 Å². The van der Waals surface area contributed by atoms with Gasteiger partial charge in [0.05, 0.1) is 22.9 Å². The van der Waals surface area contributed by atoms with Gasteiger partial charge in [0.2, 0.25) is 5.91 Å². The summed E-state index contributed by atoms with van der Waals surface area (Å²) in [6, 6.07) is 7.98. The number of carbonyl (C=O) groups is 1. The summed E-state index contributed by atoms with van der Waals surface area (Å²) < 4.78 is 0. The third kappa shape index (κ3) is 3.76. The molecule has 2 aromatic rings. The van der Waals surface area contributed by atoms with Crippen molar-refractivity contribution in [1.29, 1.82) is 0 Å². The molecule has 1 N–H and O–H groups in total. The van der Waals surface area contributed by atoms with Crippen molar-refractivity contribution in [2.24, 2.45) is 11.8 Å². The fraction of sp³-hybridized carbons (Fsp3) is 0.421. The molecule has 1 aromatic carbocycles. The molecule has 1 saturated carbocycles. The van der Waals surface area contributed by atoms with Gasteiger partial charge in [0, 0.05) is 12.1 Å². The highest BCUT2D eigenvalue weighted by molar-refractivity contribution is 5.91. The summed E-state index contributed by atoms with van der Waals surface area (Å²) in [5, 5.41) is 3.15. The fourth-order valence-electron chi connectivity index (χ4n) is 3.39. The number of carbonyl (C=O) groups excluding carboxylic acids is 1. The normalized spacial score (nSPS) is 24.9. The number of fused-ring (bicyclic) bond motifs is 1. The van der Waals surface area contributed by atoms with Gasteiger partial charge in [-0.1, -0.05) is 32.4 Å². The Labute approximate surface area is 137 Å². The van der Waals surface area contributed by atoms with Crippen LogP contribution in [-0.2, 0) is 4.79 Å². The topological polar surface area (TPSA) is 54.9 Å². The largest absolute Gasteiger partial charge is 0.349 e. The first-order valence-corrected chi connectivity index (χ1v) is 8.34. The van der Waals surface area contributed by atoms with E-state index in [1.165, 1.54) is 19.3 Å².